The molecule has 1 N–H and O–H groups in total. The summed E-state index contributed by atoms with van der Waals surface area (Å²) in [7, 11) is 1.64. The first kappa shape index (κ1) is 20.4. The number of carbonyl (C=O) groups excluding carboxylic acids is 2. The smallest absolute Gasteiger partial charge is 0.254 e. The maximum atomic E-state index is 13.3. The fourth-order valence-electron chi connectivity index (χ4n) is 3.37. The van der Waals surface area contributed by atoms with Gasteiger partial charge in [0, 0.05) is 25.2 Å². The number of ketones is 1. The molecule has 0 saturated carbocycles. The highest BCUT2D eigenvalue weighted by Gasteiger charge is 2.34. The molecule has 1 unspecified atom stereocenters. The summed E-state index contributed by atoms with van der Waals surface area (Å²) in [6, 6.07) is 6.64. The van der Waals surface area contributed by atoms with Crippen LogP contribution in [0.5, 0.6) is 0 Å². The molecule has 1 aliphatic rings. The number of anilines is 1. The molecule has 6 nitrogen and oxygen atoms in total. The zero-order chi connectivity index (χ0) is 20.4. The summed E-state index contributed by atoms with van der Waals surface area (Å²) in [5, 5.41) is 8.45. The van der Waals surface area contributed by atoms with E-state index >= 15 is 0 Å². The van der Waals surface area contributed by atoms with Crippen molar-refractivity contribution in [3.63, 3.8) is 0 Å². The number of hydrogen-bond donors (Lipinski definition) is 1. The Morgan fingerprint density at radius 2 is 2.00 bits per heavy atom. The summed E-state index contributed by atoms with van der Waals surface area (Å²) in [6.45, 7) is 3.86. The molecule has 2 aromatic rings. The Labute approximate surface area is 174 Å². The highest BCUT2D eigenvalue weighted by atomic mass is 35.5. The third kappa shape index (κ3) is 3.93. The van der Waals surface area contributed by atoms with Gasteiger partial charge in [0.2, 0.25) is 0 Å². The van der Waals surface area contributed by atoms with Crippen molar-refractivity contribution in [2.45, 2.75) is 32.7 Å². The molecule has 1 atom stereocenters. The maximum absolute atomic E-state index is 13.3. The molecule has 1 aliphatic heterocycles. The van der Waals surface area contributed by atoms with Gasteiger partial charge in [-0.3, -0.25) is 9.59 Å². The Morgan fingerprint density at radius 3 is 2.68 bits per heavy atom. The van der Waals surface area contributed by atoms with Crippen molar-refractivity contribution < 1.29 is 9.59 Å². The normalized spacial score (nSPS) is 15.8. The molecule has 3 rings (SSSR count). The number of amides is 1. The van der Waals surface area contributed by atoms with Gasteiger partial charge in [-0.15, -0.1) is 0 Å². The molecular formula is C20H22Cl2N4O2. The minimum atomic E-state index is -0.475. The molecule has 0 radical (unpaired) electrons. The van der Waals surface area contributed by atoms with Gasteiger partial charge >= 0.3 is 0 Å². The molecule has 2 heterocycles. The minimum Gasteiger partial charge on any atom is -0.344 e. The maximum Gasteiger partial charge on any atom is 0.254 e. The van der Waals surface area contributed by atoms with Gasteiger partial charge in [0.15, 0.2) is 5.78 Å². The minimum absolute atomic E-state index is 0.0336. The van der Waals surface area contributed by atoms with Crippen LogP contribution in [-0.2, 0) is 9.59 Å². The number of nitrogens with one attached hydrogen (secondary N) is 1. The topological polar surface area (TPSA) is 67.2 Å². The van der Waals surface area contributed by atoms with Crippen molar-refractivity contribution in [2.24, 2.45) is 0 Å². The molecule has 0 spiro atoms. The fraction of sp³-hybridized carbons (Fsp3) is 0.350. The van der Waals surface area contributed by atoms with Crippen LogP contribution in [0, 0.1) is 0 Å². The van der Waals surface area contributed by atoms with E-state index in [-0.39, 0.29) is 18.2 Å². The lowest BCUT2D eigenvalue weighted by Crippen LogP contribution is -2.38. The average Bonchev–Trinajstić information content (AvgIpc) is 3.10. The summed E-state index contributed by atoms with van der Waals surface area (Å²) >= 11 is 12.3. The number of hydrogen-bond acceptors (Lipinski definition) is 4. The van der Waals surface area contributed by atoms with Crippen molar-refractivity contribution in [1.29, 1.82) is 0 Å². The molecule has 148 valence electrons. The van der Waals surface area contributed by atoms with Crippen molar-refractivity contribution >= 4 is 40.7 Å². The number of nitrogens with zero attached hydrogens (tertiary/aromatic N) is 3. The van der Waals surface area contributed by atoms with E-state index < -0.39 is 6.04 Å². The third-order valence-electron chi connectivity index (χ3n) is 4.69. The quantitative estimate of drug-likeness (QED) is 0.755. The van der Waals surface area contributed by atoms with Gasteiger partial charge in [0.1, 0.15) is 11.9 Å². The third-order valence-corrected chi connectivity index (χ3v) is 5.43. The Bertz CT molecular complexity index is 951. The van der Waals surface area contributed by atoms with Crippen LogP contribution >= 0.6 is 23.2 Å². The predicted octanol–water partition coefficient (Wildman–Crippen LogP) is 4.31. The molecular weight excluding hydrogens is 399 g/mol. The lowest BCUT2D eigenvalue weighted by molar-refractivity contribution is -0.131. The second kappa shape index (κ2) is 8.37. The van der Waals surface area contributed by atoms with E-state index in [1.54, 1.807) is 30.1 Å². The largest absolute Gasteiger partial charge is 0.344 e. The van der Waals surface area contributed by atoms with Crippen molar-refractivity contribution in [2.75, 3.05) is 18.9 Å². The van der Waals surface area contributed by atoms with Gasteiger partial charge in [0.05, 0.1) is 28.4 Å². The zero-order valence-corrected chi connectivity index (χ0v) is 17.5. The Kier molecular flexibility index (Phi) is 6.10. The van der Waals surface area contributed by atoms with Crippen LogP contribution in [0.15, 0.2) is 41.7 Å². The molecule has 0 bridgehead atoms. The monoisotopic (exact) mass is 420 g/mol. The number of likely N-dealkylation sites (N-methyl/N-ethyl adjacent to an activating group) is 1. The number of fused-ring (bicyclic) bond motifs is 1. The van der Waals surface area contributed by atoms with Crippen LogP contribution in [0.25, 0.3) is 0 Å². The standard InChI is InChI=1S/C20H22Cl2N4O2/c1-4-5-14(27)11-25(3)20(28)18-12(2)24-17-8-9-23-26(17)19(18)13-6-7-15(21)16(22)10-13/h6-10,19,24H,4-5,11H2,1-3H3. The molecule has 1 aromatic heterocycles. The summed E-state index contributed by atoms with van der Waals surface area (Å²) in [6.07, 6.45) is 2.88. The van der Waals surface area contributed by atoms with Gasteiger partial charge in [-0.2, -0.15) is 5.10 Å². The zero-order valence-electron chi connectivity index (χ0n) is 16.0. The second-order valence-electron chi connectivity index (χ2n) is 6.85. The summed E-state index contributed by atoms with van der Waals surface area (Å²) in [5.74, 6) is 0.577. The highest BCUT2D eigenvalue weighted by molar-refractivity contribution is 6.42. The number of allylic oxidation sites excluding steroid dienone is 1. The van der Waals surface area contributed by atoms with E-state index in [1.165, 1.54) is 4.90 Å². The number of aromatic nitrogens is 2. The Balaban J connectivity index is 2.02. The van der Waals surface area contributed by atoms with E-state index in [9.17, 15) is 9.59 Å². The van der Waals surface area contributed by atoms with Gasteiger partial charge in [-0.1, -0.05) is 36.2 Å². The number of rotatable bonds is 6. The lowest BCUT2D eigenvalue weighted by Gasteiger charge is -2.32. The van der Waals surface area contributed by atoms with E-state index in [4.69, 9.17) is 23.2 Å². The fourth-order valence-corrected chi connectivity index (χ4v) is 3.68. The van der Waals surface area contributed by atoms with Gasteiger partial charge in [-0.05, 0) is 31.0 Å². The van der Waals surface area contributed by atoms with E-state index in [0.717, 1.165) is 17.8 Å². The van der Waals surface area contributed by atoms with Gasteiger partial charge < -0.3 is 10.2 Å². The van der Waals surface area contributed by atoms with Crippen LogP contribution in [-0.4, -0.2) is 40.0 Å². The predicted molar refractivity (Wildman–Crippen MR) is 111 cm³/mol. The van der Waals surface area contributed by atoms with Crippen LogP contribution in [0.1, 0.15) is 38.3 Å². The average molecular weight is 421 g/mol. The number of halogens is 2. The lowest BCUT2D eigenvalue weighted by atomic mass is 9.94. The van der Waals surface area contributed by atoms with E-state index in [0.29, 0.717) is 27.7 Å². The molecule has 0 fully saturated rings. The van der Waals surface area contributed by atoms with E-state index in [2.05, 4.69) is 10.4 Å². The van der Waals surface area contributed by atoms with E-state index in [1.807, 2.05) is 26.0 Å². The summed E-state index contributed by atoms with van der Waals surface area (Å²) < 4.78 is 1.74. The Hall–Kier alpha value is -2.31. The number of benzene rings is 1. The number of Topliss-reactive ketones (excluding diaryl/α,β-unsaturated/α-hetero) is 1. The molecule has 0 aliphatic carbocycles. The molecule has 28 heavy (non-hydrogen) atoms. The SMILES string of the molecule is CCCC(=O)CN(C)C(=O)C1=C(C)Nc2ccnn2C1c1ccc(Cl)c(Cl)c1. The summed E-state index contributed by atoms with van der Waals surface area (Å²) in [5.41, 5.74) is 2.02. The first-order valence-corrected chi connectivity index (χ1v) is 9.82. The van der Waals surface area contributed by atoms with Crippen LogP contribution in [0.3, 0.4) is 0 Å². The molecule has 0 saturated heterocycles. The van der Waals surface area contributed by atoms with Gasteiger partial charge in [0.25, 0.3) is 5.91 Å². The number of carbonyl (C=O) groups is 2. The second-order valence-corrected chi connectivity index (χ2v) is 7.67. The van der Waals surface area contributed by atoms with Crippen molar-refractivity contribution in [1.82, 2.24) is 14.7 Å². The summed E-state index contributed by atoms with van der Waals surface area (Å²) in [4.78, 5) is 26.8. The molecule has 1 aromatic carbocycles. The first-order valence-electron chi connectivity index (χ1n) is 9.06. The van der Waals surface area contributed by atoms with Crippen molar-refractivity contribution in [3.8, 4) is 0 Å². The molecule has 8 heteroatoms. The van der Waals surface area contributed by atoms with Crippen LogP contribution in [0.4, 0.5) is 5.82 Å². The van der Waals surface area contributed by atoms with Crippen LogP contribution < -0.4 is 5.32 Å². The highest BCUT2D eigenvalue weighted by Crippen LogP contribution is 2.38. The Morgan fingerprint density at radius 1 is 1.25 bits per heavy atom. The van der Waals surface area contributed by atoms with Crippen LogP contribution in [0.2, 0.25) is 10.0 Å². The first-order chi connectivity index (χ1) is 13.3. The molecule has 1 amide bonds. The van der Waals surface area contributed by atoms with Gasteiger partial charge in [-0.25, -0.2) is 4.68 Å². The van der Waals surface area contributed by atoms with Crippen molar-refractivity contribution in [3.05, 3.63) is 57.3 Å².